The molecule has 1 N–H and O–H groups in total. The summed E-state index contributed by atoms with van der Waals surface area (Å²) in [6.45, 7) is 7.95. The third-order valence-electron chi connectivity index (χ3n) is 4.01. The zero-order valence-electron chi connectivity index (χ0n) is 16.0. The second kappa shape index (κ2) is 9.04. The number of nitrogens with zero attached hydrogens (tertiary/aromatic N) is 1. The van der Waals surface area contributed by atoms with Gasteiger partial charge >= 0.3 is 0 Å². The molecule has 0 atom stereocenters. The largest absolute Gasteiger partial charge is 0.497 e. The van der Waals surface area contributed by atoms with Crippen LogP contribution in [0.4, 0.5) is 0 Å². The summed E-state index contributed by atoms with van der Waals surface area (Å²) in [5, 5.41) is 4.13. The number of hydrogen-bond donors (Lipinski definition) is 1. The molecule has 0 aliphatic carbocycles. The maximum absolute atomic E-state index is 12.1. The molecule has 0 saturated heterocycles. The van der Waals surface area contributed by atoms with Crippen LogP contribution in [0.5, 0.6) is 11.5 Å². The lowest BCUT2D eigenvalue weighted by atomic mass is 10.0. The number of aryl methyl sites for hydroxylation is 1. The van der Waals surface area contributed by atoms with E-state index in [4.69, 9.17) is 9.47 Å². The van der Waals surface area contributed by atoms with Gasteiger partial charge < -0.3 is 9.47 Å². The quantitative estimate of drug-likeness (QED) is 0.603. The molecule has 2 aromatic rings. The minimum Gasteiger partial charge on any atom is -0.497 e. The summed E-state index contributed by atoms with van der Waals surface area (Å²) in [6.07, 6.45) is 0. The summed E-state index contributed by atoms with van der Waals surface area (Å²) in [5.74, 6) is 1.54. The highest BCUT2D eigenvalue weighted by Gasteiger charge is 2.10. The van der Waals surface area contributed by atoms with Crippen LogP contribution >= 0.6 is 0 Å². The fraction of sp³-hybridized carbons (Fsp3) is 0.333. The number of methoxy groups -OCH3 is 1. The van der Waals surface area contributed by atoms with E-state index in [2.05, 4.69) is 24.4 Å². The van der Waals surface area contributed by atoms with E-state index in [1.54, 1.807) is 7.11 Å². The smallest absolute Gasteiger partial charge is 0.277 e. The molecule has 0 bridgehead atoms. The van der Waals surface area contributed by atoms with E-state index in [1.165, 1.54) is 0 Å². The number of ether oxygens (including phenoxy) is 2. The maximum atomic E-state index is 12.1. The molecule has 0 aromatic heterocycles. The summed E-state index contributed by atoms with van der Waals surface area (Å²) in [6, 6.07) is 13.5. The number of nitrogens with one attached hydrogen (secondary N) is 1. The second-order valence-corrected chi connectivity index (χ2v) is 6.45. The molecular weight excluding hydrogens is 328 g/mol. The Balaban J connectivity index is 1.95. The van der Waals surface area contributed by atoms with Gasteiger partial charge in [-0.15, -0.1) is 0 Å². The lowest BCUT2D eigenvalue weighted by molar-refractivity contribution is -0.123. The topological polar surface area (TPSA) is 59.9 Å². The summed E-state index contributed by atoms with van der Waals surface area (Å²) >= 11 is 0. The molecule has 5 heteroatoms. The molecule has 0 spiro atoms. The minimum absolute atomic E-state index is 0.0808. The molecule has 2 rings (SSSR count). The van der Waals surface area contributed by atoms with Crippen LogP contribution in [0.2, 0.25) is 0 Å². The molecule has 0 fully saturated rings. The van der Waals surface area contributed by atoms with Gasteiger partial charge in [0, 0.05) is 0 Å². The fourth-order valence-corrected chi connectivity index (χ4v) is 2.46. The molecule has 0 heterocycles. The predicted octanol–water partition coefficient (Wildman–Crippen LogP) is 4.05. The standard InChI is InChI=1S/C21H26N2O3/c1-14(2)19-11-6-15(3)12-20(19)26-13-21(24)23-22-16(4)17-7-9-18(25-5)10-8-17/h6-12,14H,13H2,1-5H3,(H,23,24). The highest BCUT2D eigenvalue weighted by molar-refractivity contribution is 5.99. The molecule has 0 unspecified atom stereocenters. The van der Waals surface area contributed by atoms with E-state index < -0.39 is 0 Å². The van der Waals surface area contributed by atoms with Crippen LogP contribution in [0.3, 0.4) is 0 Å². The Labute approximate surface area is 155 Å². The fourth-order valence-electron chi connectivity index (χ4n) is 2.46. The summed E-state index contributed by atoms with van der Waals surface area (Å²) in [7, 11) is 1.62. The van der Waals surface area contributed by atoms with Gasteiger partial charge in [-0.2, -0.15) is 5.10 Å². The van der Waals surface area contributed by atoms with Crippen LogP contribution < -0.4 is 14.9 Å². The second-order valence-electron chi connectivity index (χ2n) is 6.45. The highest BCUT2D eigenvalue weighted by Crippen LogP contribution is 2.27. The molecule has 0 aliphatic heterocycles. The van der Waals surface area contributed by atoms with E-state index in [-0.39, 0.29) is 12.5 Å². The van der Waals surface area contributed by atoms with Crippen molar-refractivity contribution in [2.45, 2.75) is 33.6 Å². The Morgan fingerprint density at radius 1 is 1.15 bits per heavy atom. The number of amides is 1. The SMILES string of the molecule is COc1ccc(C(C)=NNC(=O)COc2cc(C)ccc2C(C)C)cc1. The highest BCUT2D eigenvalue weighted by atomic mass is 16.5. The van der Waals surface area contributed by atoms with E-state index in [0.29, 0.717) is 11.6 Å². The number of hydrazone groups is 1. The van der Waals surface area contributed by atoms with E-state index in [0.717, 1.165) is 28.2 Å². The number of carbonyl (C=O) groups excluding carboxylic acids is 1. The van der Waals surface area contributed by atoms with Gasteiger partial charge in [0.2, 0.25) is 0 Å². The first-order chi connectivity index (χ1) is 12.4. The van der Waals surface area contributed by atoms with Gasteiger partial charge in [0.15, 0.2) is 6.61 Å². The van der Waals surface area contributed by atoms with Crippen LogP contribution in [-0.2, 0) is 4.79 Å². The summed E-state index contributed by atoms with van der Waals surface area (Å²) in [5.41, 5.74) is 6.33. The zero-order valence-corrected chi connectivity index (χ0v) is 16.0. The van der Waals surface area contributed by atoms with Crippen LogP contribution in [0.1, 0.15) is 43.4 Å². The van der Waals surface area contributed by atoms with Gasteiger partial charge in [0.05, 0.1) is 12.8 Å². The normalized spacial score (nSPS) is 11.4. The lowest BCUT2D eigenvalue weighted by Crippen LogP contribution is -2.26. The maximum Gasteiger partial charge on any atom is 0.277 e. The molecule has 2 aromatic carbocycles. The van der Waals surface area contributed by atoms with Crippen LogP contribution in [0.15, 0.2) is 47.6 Å². The van der Waals surface area contributed by atoms with Crippen molar-refractivity contribution in [3.8, 4) is 11.5 Å². The predicted molar refractivity (Wildman–Crippen MR) is 104 cm³/mol. The Morgan fingerprint density at radius 3 is 2.46 bits per heavy atom. The molecule has 138 valence electrons. The number of hydrogen-bond acceptors (Lipinski definition) is 4. The van der Waals surface area contributed by atoms with Crippen molar-refractivity contribution in [2.75, 3.05) is 13.7 Å². The number of benzene rings is 2. The molecule has 0 radical (unpaired) electrons. The first-order valence-electron chi connectivity index (χ1n) is 8.61. The number of rotatable bonds is 7. The molecule has 0 aliphatic rings. The van der Waals surface area contributed by atoms with Crippen LogP contribution in [0.25, 0.3) is 0 Å². The molecule has 26 heavy (non-hydrogen) atoms. The average Bonchev–Trinajstić information content (AvgIpc) is 2.64. The van der Waals surface area contributed by atoms with Crippen molar-refractivity contribution in [3.05, 3.63) is 59.2 Å². The van der Waals surface area contributed by atoms with Crippen molar-refractivity contribution in [3.63, 3.8) is 0 Å². The minimum atomic E-state index is -0.297. The van der Waals surface area contributed by atoms with E-state index in [1.807, 2.05) is 56.3 Å². The monoisotopic (exact) mass is 354 g/mol. The molecular formula is C21H26N2O3. The Bertz CT molecular complexity index is 780. The van der Waals surface area contributed by atoms with Crippen molar-refractivity contribution >= 4 is 11.6 Å². The van der Waals surface area contributed by atoms with Gasteiger partial charge in [-0.1, -0.05) is 26.0 Å². The summed E-state index contributed by atoms with van der Waals surface area (Å²) < 4.78 is 10.8. The zero-order chi connectivity index (χ0) is 19.1. The third-order valence-corrected chi connectivity index (χ3v) is 4.01. The van der Waals surface area contributed by atoms with Crippen LogP contribution in [-0.4, -0.2) is 25.3 Å². The first kappa shape index (κ1) is 19.5. The van der Waals surface area contributed by atoms with Crippen LogP contribution in [0, 0.1) is 6.92 Å². The molecule has 5 nitrogen and oxygen atoms in total. The average molecular weight is 354 g/mol. The number of carbonyl (C=O) groups is 1. The van der Waals surface area contributed by atoms with E-state index >= 15 is 0 Å². The van der Waals surface area contributed by atoms with Gasteiger partial charge in [-0.3, -0.25) is 4.79 Å². The first-order valence-corrected chi connectivity index (χ1v) is 8.61. The van der Waals surface area contributed by atoms with Crippen molar-refractivity contribution in [2.24, 2.45) is 5.10 Å². The molecule has 1 amide bonds. The molecule has 0 saturated carbocycles. The van der Waals surface area contributed by atoms with Gasteiger partial charge in [-0.25, -0.2) is 5.43 Å². The summed E-state index contributed by atoms with van der Waals surface area (Å²) in [4.78, 5) is 12.1. The Hall–Kier alpha value is -2.82. The van der Waals surface area contributed by atoms with Gasteiger partial charge in [-0.05, 0) is 66.8 Å². The van der Waals surface area contributed by atoms with Gasteiger partial charge in [0.1, 0.15) is 11.5 Å². The Kier molecular flexibility index (Phi) is 6.78. The Morgan fingerprint density at radius 2 is 1.85 bits per heavy atom. The van der Waals surface area contributed by atoms with Crippen molar-refractivity contribution < 1.29 is 14.3 Å². The van der Waals surface area contributed by atoms with Crippen molar-refractivity contribution in [1.82, 2.24) is 5.43 Å². The lowest BCUT2D eigenvalue weighted by Gasteiger charge is -2.14. The van der Waals surface area contributed by atoms with E-state index in [9.17, 15) is 4.79 Å². The van der Waals surface area contributed by atoms with Gasteiger partial charge in [0.25, 0.3) is 5.91 Å². The third kappa shape index (κ3) is 5.34. The van der Waals surface area contributed by atoms with Crippen molar-refractivity contribution in [1.29, 1.82) is 0 Å².